The van der Waals surface area contributed by atoms with Gasteiger partial charge in [-0.1, -0.05) is 30.3 Å². The number of hydrogen-bond donors (Lipinski definition) is 2. The van der Waals surface area contributed by atoms with Gasteiger partial charge in [-0.15, -0.1) is 0 Å². The summed E-state index contributed by atoms with van der Waals surface area (Å²) in [5.74, 6) is -1.62. The maximum Gasteiger partial charge on any atom is 0.239 e. The van der Waals surface area contributed by atoms with Crippen molar-refractivity contribution in [3.63, 3.8) is 0 Å². The lowest BCUT2D eigenvalue weighted by Gasteiger charge is -2.07. The number of carbonyl (C=O) groups is 2. The molecule has 0 atom stereocenters. The van der Waals surface area contributed by atoms with Crippen LogP contribution in [0.1, 0.15) is 11.1 Å². The molecule has 2 aromatic carbocycles. The quantitative estimate of drug-likeness (QED) is 0.855. The second kappa shape index (κ2) is 8.03. The fraction of sp³-hybridized carbons (Fsp3) is 0.176. The minimum absolute atomic E-state index is 0.127. The summed E-state index contributed by atoms with van der Waals surface area (Å²) in [6.45, 7) is 0.0385. The van der Waals surface area contributed by atoms with Crippen molar-refractivity contribution >= 4 is 11.8 Å². The van der Waals surface area contributed by atoms with Crippen molar-refractivity contribution in [1.82, 2.24) is 10.6 Å². The summed E-state index contributed by atoms with van der Waals surface area (Å²) in [7, 11) is 0. The maximum absolute atomic E-state index is 13.4. The molecule has 0 saturated heterocycles. The third-order valence-electron chi connectivity index (χ3n) is 3.16. The fourth-order valence-corrected chi connectivity index (χ4v) is 1.92. The third-order valence-corrected chi connectivity index (χ3v) is 3.16. The van der Waals surface area contributed by atoms with Gasteiger partial charge in [-0.3, -0.25) is 9.59 Å². The van der Waals surface area contributed by atoms with Crippen molar-refractivity contribution in [2.45, 2.75) is 13.0 Å². The molecule has 0 saturated carbocycles. The van der Waals surface area contributed by atoms with E-state index in [1.54, 1.807) is 24.3 Å². The molecule has 0 unspecified atom stereocenters. The summed E-state index contributed by atoms with van der Waals surface area (Å²) < 4.78 is 26.1. The van der Waals surface area contributed by atoms with E-state index in [2.05, 4.69) is 10.6 Å². The van der Waals surface area contributed by atoms with E-state index in [-0.39, 0.29) is 36.8 Å². The van der Waals surface area contributed by atoms with E-state index in [0.29, 0.717) is 0 Å². The number of halogens is 2. The highest BCUT2D eigenvalue weighted by Crippen LogP contribution is 2.06. The zero-order valence-electron chi connectivity index (χ0n) is 12.3. The van der Waals surface area contributed by atoms with Crippen LogP contribution in [-0.2, 0) is 22.6 Å². The van der Waals surface area contributed by atoms with Crippen LogP contribution in [0.2, 0.25) is 0 Å². The third kappa shape index (κ3) is 5.50. The molecule has 2 amide bonds. The standard InChI is InChI=1S/C17H16F2N2O2/c18-14-7-5-12(6-8-14)10-20-17(23)11-21-16(22)9-13-3-1-2-4-15(13)19/h1-8H,9-11H2,(H,20,23)(H,21,22). The van der Waals surface area contributed by atoms with E-state index in [4.69, 9.17) is 0 Å². The lowest BCUT2D eigenvalue weighted by molar-refractivity contribution is -0.125. The fourth-order valence-electron chi connectivity index (χ4n) is 1.92. The number of rotatable bonds is 6. The van der Waals surface area contributed by atoms with Crippen molar-refractivity contribution in [1.29, 1.82) is 0 Å². The Morgan fingerprint density at radius 2 is 1.57 bits per heavy atom. The number of nitrogens with one attached hydrogen (secondary N) is 2. The van der Waals surface area contributed by atoms with Gasteiger partial charge < -0.3 is 10.6 Å². The molecule has 0 aliphatic carbocycles. The predicted molar refractivity (Wildman–Crippen MR) is 81.4 cm³/mol. The first-order valence-electron chi connectivity index (χ1n) is 7.06. The van der Waals surface area contributed by atoms with Crippen molar-refractivity contribution in [3.05, 3.63) is 71.3 Å². The van der Waals surface area contributed by atoms with Gasteiger partial charge in [0.1, 0.15) is 11.6 Å². The largest absolute Gasteiger partial charge is 0.350 e. The molecule has 2 aromatic rings. The molecule has 0 aliphatic rings. The van der Waals surface area contributed by atoms with Crippen LogP contribution in [0.15, 0.2) is 48.5 Å². The molecule has 23 heavy (non-hydrogen) atoms. The second-order valence-corrected chi connectivity index (χ2v) is 4.95. The van der Waals surface area contributed by atoms with E-state index < -0.39 is 11.7 Å². The lowest BCUT2D eigenvalue weighted by Crippen LogP contribution is -2.37. The van der Waals surface area contributed by atoms with Crippen LogP contribution in [0, 0.1) is 11.6 Å². The molecule has 120 valence electrons. The second-order valence-electron chi connectivity index (χ2n) is 4.95. The van der Waals surface area contributed by atoms with Crippen molar-refractivity contribution < 1.29 is 18.4 Å². The van der Waals surface area contributed by atoms with Gasteiger partial charge in [0, 0.05) is 6.54 Å². The molecular weight excluding hydrogens is 302 g/mol. The minimum Gasteiger partial charge on any atom is -0.350 e. The Morgan fingerprint density at radius 1 is 0.870 bits per heavy atom. The summed E-state index contributed by atoms with van der Waals surface area (Å²) in [5, 5.41) is 5.02. The van der Waals surface area contributed by atoms with Gasteiger partial charge in [0.2, 0.25) is 11.8 Å². The molecule has 0 heterocycles. The zero-order chi connectivity index (χ0) is 16.7. The Hall–Kier alpha value is -2.76. The molecule has 0 radical (unpaired) electrons. The first kappa shape index (κ1) is 16.6. The molecule has 0 aromatic heterocycles. The highest BCUT2D eigenvalue weighted by Gasteiger charge is 2.09. The highest BCUT2D eigenvalue weighted by molar-refractivity contribution is 5.85. The molecule has 4 nitrogen and oxygen atoms in total. The average molecular weight is 318 g/mol. The van der Waals surface area contributed by atoms with Gasteiger partial charge in [-0.25, -0.2) is 8.78 Å². The van der Waals surface area contributed by atoms with Crippen LogP contribution >= 0.6 is 0 Å². The van der Waals surface area contributed by atoms with E-state index in [1.165, 1.54) is 24.3 Å². The molecule has 2 rings (SSSR count). The summed E-state index contributed by atoms with van der Waals surface area (Å²) in [5.41, 5.74) is 1.02. The Balaban J connectivity index is 1.72. The van der Waals surface area contributed by atoms with Gasteiger partial charge in [0.25, 0.3) is 0 Å². The van der Waals surface area contributed by atoms with Crippen LogP contribution in [-0.4, -0.2) is 18.4 Å². The first-order chi connectivity index (χ1) is 11.0. The molecule has 0 bridgehead atoms. The van der Waals surface area contributed by atoms with E-state index >= 15 is 0 Å². The van der Waals surface area contributed by atoms with Crippen LogP contribution in [0.4, 0.5) is 8.78 Å². The summed E-state index contributed by atoms with van der Waals surface area (Å²) in [6, 6.07) is 11.7. The van der Waals surface area contributed by atoms with Crippen molar-refractivity contribution in [2.24, 2.45) is 0 Å². The zero-order valence-corrected chi connectivity index (χ0v) is 12.3. The normalized spacial score (nSPS) is 10.2. The van der Waals surface area contributed by atoms with Gasteiger partial charge in [-0.2, -0.15) is 0 Å². The monoisotopic (exact) mass is 318 g/mol. The van der Waals surface area contributed by atoms with E-state index in [9.17, 15) is 18.4 Å². The van der Waals surface area contributed by atoms with Crippen molar-refractivity contribution in [2.75, 3.05) is 6.54 Å². The first-order valence-corrected chi connectivity index (χ1v) is 7.06. The van der Waals surface area contributed by atoms with Gasteiger partial charge in [0.15, 0.2) is 0 Å². The molecule has 0 aliphatic heterocycles. The smallest absolute Gasteiger partial charge is 0.239 e. The molecule has 6 heteroatoms. The van der Waals surface area contributed by atoms with Crippen LogP contribution in [0.3, 0.4) is 0 Å². The van der Waals surface area contributed by atoms with Gasteiger partial charge in [-0.05, 0) is 29.3 Å². The van der Waals surface area contributed by atoms with Gasteiger partial charge in [0.05, 0.1) is 13.0 Å². The number of amides is 2. The molecular formula is C17H16F2N2O2. The highest BCUT2D eigenvalue weighted by atomic mass is 19.1. The SMILES string of the molecule is O=C(CNC(=O)Cc1ccccc1F)NCc1ccc(F)cc1. The average Bonchev–Trinajstić information content (AvgIpc) is 2.54. The van der Waals surface area contributed by atoms with Gasteiger partial charge >= 0.3 is 0 Å². The predicted octanol–water partition coefficient (Wildman–Crippen LogP) is 1.94. The topological polar surface area (TPSA) is 58.2 Å². The summed E-state index contributed by atoms with van der Waals surface area (Å²) in [4.78, 5) is 23.3. The Labute approximate surface area is 132 Å². The summed E-state index contributed by atoms with van der Waals surface area (Å²) in [6.07, 6.45) is -0.127. The Morgan fingerprint density at radius 3 is 2.26 bits per heavy atom. The van der Waals surface area contributed by atoms with Crippen molar-refractivity contribution in [3.8, 4) is 0 Å². The van der Waals surface area contributed by atoms with Crippen LogP contribution in [0.25, 0.3) is 0 Å². The number of carbonyl (C=O) groups excluding carboxylic acids is 2. The molecule has 2 N–H and O–H groups in total. The van der Waals surface area contributed by atoms with E-state index in [0.717, 1.165) is 5.56 Å². The van der Waals surface area contributed by atoms with Crippen LogP contribution < -0.4 is 10.6 Å². The molecule has 0 fully saturated rings. The number of benzene rings is 2. The summed E-state index contributed by atoms with van der Waals surface area (Å²) >= 11 is 0. The Kier molecular flexibility index (Phi) is 5.80. The van der Waals surface area contributed by atoms with E-state index in [1.807, 2.05) is 0 Å². The minimum atomic E-state index is -0.455. The molecule has 0 spiro atoms. The number of hydrogen-bond acceptors (Lipinski definition) is 2. The maximum atomic E-state index is 13.4. The lowest BCUT2D eigenvalue weighted by atomic mass is 10.1. The van der Waals surface area contributed by atoms with Crippen LogP contribution in [0.5, 0.6) is 0 Å². The Bertz CT molecular complexity index is 687.